The van der Waals surface area contributed by atoms with Crippen LogP contribution in [0.3, 0.4) is 0 Å². The predicted octanol–water partition coefficient (Wildman–Crippen LogP) is -0.0699. The standard InChI is InChI=1S/C9H16N2O/c1-9-5-10-4-6(9)7(9)8(12)11(2)3/h6-7,10H,4-5H2,1-3H3. The summed E-state index contributed by atoms with van der Waals surface area (Å²) in [6.07, 6.45) is 0. The monoisotopic (exact) mass is 168 g/mol. The molecule has 3 heteroatoms. The van der Waals surface area contributed by atoms with Crippen molar-refractivity contribution in [1.82, 2.24) is 10.2 Å². The Kier molecular flexibility index (Phi) is 1.49. The van der Waals surface area contributed by atoms with E-state index in [0.717, 1.165) is 13.1 Å². The number of nitrogens with one attached hydrogen (secondary N) is 1. The van der Waals surface area contributed by atoms with Crippen molar-refractivity contribution in [2.45, 2.75) is 6.92 Å². The fourth-order valence-electron chi connectivity index (χ4n) is 2.48. The molecule has 2 aliphatic rings. The van der Waals surface area contributed by atoms with Crippen LogP contribution in [0.15, 0.2) is 0 Å². The van der Waals surface area contributed by atoms with E-state index in [1.54, 1.807) is 4.90 Å². The molecular formula is C9H16N2O. The smallest absolute Gasteiger partial charge is 0.226 e. The number of nitrogens with zero attached hydrogens (tertiary/aromatic N) is 1. The maximum Gasteiger partial charge on any atom is 0.226 e. The van der Waals surface area contributed by atoms with E-state index in [1.807, 2.05) is 14.1 Å². The second-order valence-electron chi connectivity index (χ2n) is 4.45. The normalized spacial score (nSPS) is 43.9. The minimum absolute atomic E-state index is 0.279. The van der Waals surface area contributed by atoms with Crippen molar-refractivity contribution >= 4 is 5.91 Å². The molecular weight excluding hydrogens is 152 g/mol. The van der Waals surface area contributed by atoms with Gasteiger partial charge in [0.1, 0.15) is 0 Å². The quantitative estimate of drug-likeness (QED) is 0.594. The van der Waals surface area contributed by atoms with Crippen LogP contribution in [0.2, 0.25) is 0 Å². The van der Waals surface area contributed by atoms with Gasteiger partial charge in [-0.05, 0) is 17.9 Å². The van der Waals surface area contributed by atoms with E-state index in [0.29, 0.717) is 17.7 Å². The molecule has 1 aliphatic carbocycles. The van der Waals surface area contributed by atoms with Gasteiger partial charge in [0.15, 0.2) is 0 Å². The van der Waals surface area contributed by atoms with E-state index in [1.165, 1.54) is 0 Å². The number of rotatable bonds is 1. The van der Waals surface area contributed by atoms with Crippen LogP contribution >= 0.6 is 0 Å². The molecule has 0 aromatic rings. The lowest BCUT2D eigenvalue weighted by atomic mass is 10.1. The number of hydrogen-bond acceptors (Lipinski definition) is 2. The summed E-state index contributed by atoms with van der Waals surface area (Å²) in [5.41, 5.74) is 0.279. The minimum Gasteiger partial charge on any atom is -0.349 e. The highest BCUT2D eigenvalue weighted by Crippen LogP contribution is 2.60. The number of piperidine rings is 1. The Labute approximate surface area is 73.1 Å². The Bertz CT molecular complexity index is 227. The third-order valence-corrected chi connectivity index (χ3v) is 3.43. The summed E-state index contributed by atoms with van der Waals surface area (Å²) in [4.78, 5) is 13.3. The average Bonchev–Trinajstić information content (AvgIpc) is 2.35. The van der Waals surface area contributed by atoms with Gasteiger partial charge in [0.05, 0.1) is 0 Å². The molecule has 0 bridgehead atoms. The van der Waals surface area contributed by atoms with E-state index in [9.17, 15) is 4.79 Å². The number of carbonyl (C=O) groups is 1. The summed E-state index contributed by atoms with van der Waals surface area (Å²) in [5, 5.41) is 3.32. The van der Waals surface area contributed by atoms with Crippen molar-refractivity contribution in [3.63, 3.8) is 0 Å². The Balaban J connectivity index is 2.07. The van der Waals surface area contributed by atoms with Crippen molar-refractivity contribution < 1.29 is 4.79 Å². The average molecular weight is 168 g/mol. The van der Waals surface area contributed by atoms with Gasteiger partial charge in [-0.15, -0.1) is 0 Å². The molecule has 3 nitrogen and oxygen atoms in total. The molecule has 3 atom stereocenters. The van der Waals surface area contributed by atoms with Crippen LogP contribution in [-0.4, -0.2) is 38.0 Å². The van der Waals surface area contributed by atoms with Crippen LogP contribution < -0.4 is 5.32 Å². The summed E-state index contributed by atoms with van der Waals surface area (Å²) in [6, 6.07) is 0. The van der Waals surface area contributed by atoms with Crippen LogP contribution in [-0.2, 0) is 4.79 Å². The third kappa shape index (κ3) is 0.829. The zero-order valence-electron chi connectivity index (χ0n) is 7.92. The largest absolute Gasteiger partial charge is 0.349 e. The van der Waals surface area contributed by atoms with Gasteiger partial charge >= 0.3 is 0 Å². The fourth-order valence-corrected chi connectivity index (χ4v) is 2.48. The Morgan fingerprint density at radius 2 is 2.25 bits per heavy atom. The topological polar surface area (TPSA) is 32.3 Å². The van der Waals surface area contributed by atoms with Gasteiger partial charge in [0.25, 0.3) is 0 Å². The highest BCUT2D eigenvalue weighted by atomic mass is 16.2. The van der Waals surface area contributed by atoms with Gasteiger partial charge in [0, 0.05) is 26.6 Å². The minimum atomic E-state index is 0.279. The molecule has 1 N–H and O–H groups in total. The lowest BCUT2D eigenvalue weighted by molar-refractivity contribution is -0.131. The van der Waals surface area contributed by atoms with Gasteiger partial charge in [-0.2, -0.15) is 0 Å². The van der Waals surface area contributed by atoms with Crippen LogP contribution in [0.5, 0.6) is 0 Å². The molecule has 1 amide bonds. The molecule has 2 rings (SSSR count). The summed E-state index contributed by atoms with van der Waals surface area (Å²) in [6.45, 7) is 4.26. The van der Waals surface area contributed by atoms with Gasteiger partial charge < -0.3 is 10.2 Å². The third-order valence-electron chi connectivity index (χ3n) is 3.43. The SMILES string of the molecule is CN(C)C(=O)C1C2CNCC21C. The van der Waals surface area contributed by atoms with E-state index in [2.05, 4.69) is 12.2 Å². The first-order chi connectivity index (χ1) is 5.57. The van der Waals surface area contributed by atoms with Gasteiger partial charge in [-0.25, -0.2) is 0 Å². The summed E-state index contributed by atoms with van der Waals surface area (Å²) in [7, 11) is 3.68. The Morgan fingerprint density at radius 1 is 1.58 bits per heavy atom. The Morgan fingerprint density at radius 3 is 2.67 bits per heavy atom. The molecule has 2 fully saturated rings. The highest BCUT2D eigenvalue weighted by Gasteiger charge is 2.67. The number of carbonyl (C=O) groups excluding carboxylic acids is 1. The van der Waals surface area contributed by atoms with Crippen molar-refractivity contribution in [2.75, 3.05) is 27.2 Å². The van der Waals surface area contributed by atoms with Gasteiger partial charge in [-0.1, -0.05) is 6.92 Å². The molecule has 0 radical (unpaired) electrons. The van der Waals surface area contributed by atoms with E-state index >= 15 is 0 Å². The molecule has 1 saturated heterocycles. The summed E-state index contributed by atoms with van der Waals surface area (Å²) >= 11 is 0. The zero-order chi connectivity index (χ0) is 8.93. The molecule has 1 heterocycles. The van der Waals surface area contributed by atoms with Gasteiger partial charge in [-0.3, -0.25) is 4.79 Å². The summed E-state index contributed by atoms with van der Waals surface area (Å²) < 4.78 is 0. The summed E-state index contributed by atoms with van der Waals surface area (Å²) in [5.74, 6) is 1.21. The molecule has 68 valence electrons. The van der Waals surface area contributed by atoms with Crippen LogP contribution in [0, 0.1) is 17.3 Å². The molecule has 1 saturated carbocycles. The lowest BCUT2D eigenvalue weighted by Gasteiger charge is -2.14. The molecule has 1 aliphatic heterocycles. The van der Waals surface area contributed by atoms with Crippen LogP contribution in [0.4, 0.5) is 0 Å². The molecule has 3 unspecified atom stereocenters. The maximum absolute atomic E-state index is 11.6. The van der Waals surface area contributed by atoms with Crippen LogP contribution in [0.1, 0.15) is 6.92 Å². The van der Waals surface area contributed by atoms with Crippen molar-refractivity contribution in [3.05, 3.63) is 0 Å². The number of fused-ring (bicyclic) bond motifs is 1. The maximum atomic E-state index is 11.6. The first kappa shape index (κ1) is 8.05. The first-order valence-corrected chi connectivity index (χ1v) is 4.49. The molecule has 0 aromatic heterocycles. The van der Waals surface area contributed by atoms with E-state index in [4.69, 9.17) is 0 Å². The highest BCUT2D eigenvalue weighted by molar-refractivity contribution is 5.83. The first-order valence-electron chi connectivity index (χ1n) is 4.49. The van der Waals surface area contributed by atoms with Gasteiger partial charge in [0.2, 0.25) is 5.91 Å². The predicted molar refractivity (Wildman–Crippen MR) is 46.7 cm³/mol. The lowest BCUT2D eigenvalue weighted by Crippen LogP contribution is -2.30. The van der Waals surface area contributed by atoms with E-state index < -0.39 is 0 Å². The zero-order valence-corrected chi connectivity index (χ0v) is 7.92. The van der Waals surface area contributed by atoms with Crippen molar-refractivity contribution in [1.29, 1.82) is 0 Å². The fraction of sp³-hybridized carbons (Fsp3) is 0.889. The van der Waals surface area contributed by atoms with Crippen molar-refractivity contribution in [2.24, 2.45) is 17.3 Å². The molecule has 0 aromatic carbocycles. The van der Waals surface area contributed by atoms with Crippen LogP contribution in [0.25, 0.3) is 0 Å². The molecule has 0 spiro atoms. The number of amides is 1. The Hall–Kier alpha value is -0.570. The van der Waals surface area contributed by atoms with Crippen molar-refractivity contribution in [3.8, 4) is 0 Å². The second kappa shape index (κ2) is 2.22. The van der Waals surface area contributed by atoms with E-state index in [-0.39, 0.29) is 5.41 Å². The molecule has 12 heavy (non-hydrogen) atoms. The second-order valence-corrected chi connectivity index (χ2v) is 4.45. The number of hydrogen-bond donors (Lipinski definition) is 1.